The lowest BCUT2D eigenvalue weighted by Gasteiger charge is -2.10. The zero-order valence-electron chi connectivity index (χ0n) is 21.3. The van der Waals surface area contributed by atoms with Gasteiger partial charge in [0.05, 0.1) is 12.0 Å². The highest BCUT2D eigenvalue weighted by Crippen LogP contribution is 2.30. The minimum atomic E-state index is -4.47. The van der Waals surface area contributed by atoms with Gasteiger partial charge in [0.2, 0.25) is 5.91 Å². The van der Waals surface area contributed by atoms with Crippen LogP contribution < -0.4 is 10.0 Å². The lowest BCUT2D eigenvalue weighted by atomic mass is 10.0. The lowest BCUT2D eigenvalue weighted by Crippen LogP contribution is -2.23. The highest BCUT2D eigenvalue weighted by molar-refractivity contribution is 6.01. The van der Waals surface area contributed by atoms with Crippen LogP contribution in [0.3, 0.4) is 0 Å². The summed E-state index contributed by atoms with van der Waals surface area (Å²) in [4.78, 5) is 16.9. The molecule has 196 valence electrons. The number of aliphatic imine (C=N–C) groups is 1. The van der Waals surface area contributed by atoms with Gasteiger partial charge in [-0.1, -0.05) is 42.5 Å². The second-order valence-corrected chi connectivity index (χ2v) is 8.63. The Bertz CT molecular complexity index is 1390. The fourth-order valence-corrected chi connectivity index (χ4v) is 3.60. The van der Waals surface area contributed by atoms with Crippen molar-refractivity contribution < 1.29 is 22.7 Å². The van der Waals surface area contributed by atoms with E-state index >= 15 is 0 Å². The van der Waals surface area contributed by atoms with Gasteiger partial charge in [-0.2, -0.15) is 17.9 Å². The molecule has 1 aromatic heterocycles. The first-order valence-electron chi connectivity index (χ1n) is 11.9. The number of amides is 1. The van der Waals surface area contributed by atoms with Crippen molar-refractivity contribution in [3.63, 3.8) is 0 Å². The number of benzene rings is 2. The molecule has 5 nitrogen and oxygen atoms in total. The predicted molar refractivity (Wildman–Crippen MR) is 145 cm³/mol. The molecule has 0 spiro atoms. The average molecular weight is 520 g/mol. The number of nitrogens with zero attached hydrogens (tertiary/aromatic N) is 2. The van der Waals surface area contributed by atoms with E-state index in [2.05, 4.69) is 10.3 Å². The topological polar surface area (TPSA) is 68.4 Å². The van der Waals surface area contributed by atoms with Gasteiger partial charge in [-0.05, 0) is 72.9 Å². The van der Waals surface area contributed by atoms with Crippen molar-refractivity contribution in [1.82, 2.24) is 0 Å². The van der Waals surface area contributed by atoms with E-state index < -0.39 is 17.6 Å². The molecule has 0 bridgehead atoms. The van der Waals surface area contributed by atoms with Crippen molar-refractivity contribution >= 4 is 28.5 Å². The van der Waals surface area contributed by atoms with E-state index in [1.807, 2.05) is 51.1 Å². The number of hydrogen-bond donors (Lipinski definition) is 1. The molecule has 2 aromatic carbocycles. The van der Waals surface area contributed by atoms with Crippen molar-refractivity contribution in [3.05, 3.63) is 125 Å². The van der Waals surface area contributed by atoms with Gasteiger partial charge in [0.25, 0.3) is 0 Å². The van der Waals surface area contributed by atoms with Crippen LogP contribution in [0.1, 0.15) is 43.0 Å². The van der Waals surface area contributed by atoms with Gasteiger partial charge in [0.15, 0.2) is 12.4 Å². The zero-order chi connectivity index (χ0) is 27.7. The van der Waals surface area contributed by atoms with Crippen molar-refractivity contribution in [1.29, 1.82) is 0 Å². The van der Waals surface area contributed by atoms with Crippen LogP contribution in [0.2, 0.25) is 0 Å². The van der Waals surface area contributed by atoms with E-state index in [9.17, 15) is 23.2 Å². The molecule has 0 unspecified atom stereocenters. The largest absolute Gasteiger partial charge is 0.619 e. The highest BCUT2D eigenvalue weighted by atomic mass is 19.4. The van der Waals surface area contributed by atoms with Crippen molar-refractivity contribution in [2.75, 3.05) is 5.32 Å². The number of halogens is 3. The van der Waals surface area contributed by atoms with E-state index in [0.29, 0.717) is 0 Å². The maximum atomic E-state index is 12.9. The molecule has 0 saturated carbocycles. The molecule has 0 radical (unpaired) electrons. The van der Waals surface area contributed by atoms with E-state index in [0.717, 1.165) is 50.4 Å². The molecule has 0 saturated heterocycles. The van der Waals surface area contributed by atoms with Crippen molar-refractivity contribution in [3.8, 4) is 0 Å². The molecular weight excluding hydrogens is 491 g/mol. The first kappa shape index (κ1) is 28.1. The SMILES string of the molecule is C\C=C/C(=C\C(C)=N\C=C(/C)c1ccc(CC(=O)Nc2cccc(C(F)(F)F)c2)cc1)c1cc[n+]([O-])cc1. The third-order valence-corrected chi connectivity index (χ3v) is 5.56. The number of allylic oxidation sites excluding steroid dienone is 5. The Kier molecular flexibility index (Phi) is 9.38. The molecule has 1 amide bonds. The molecule has 38 heavy (non-hydrogen) atoms. The highest BCUT2D eigenvalue weighted by Gasteiger charge is 2.30. The fraction of sp³-hybridized carbons (Fsp3) is 0.167. The Morgan fingerprint density at radius 3 is 2.34 bits per heavy atom. The molecule has 1 N–H and O–H groups in total. The molecule has 3 rings (SSSR count). The minimum Gasteiger partial charge on any atom is -0.619 e. The Hall–Kier alpha value is -4.46. The van der Waals surface area contributed by atoms with Gasteiger partial charge in [0.1, 0.15) is 0 Å². The number of aromatic nitrogens is 1. The number of pyridine rings is 1. The standard InChI is InChI=1S/C30H28F3N3O2/c1-4-6-26(25-13-15-36(38)16-14-25)17-22(3)34-20-21(2)24-11-9-23(10-12-24)18-29(37)35-28-8-5-7-27(19-28)30(31,32)33/h4-17,19-20H,18H2,1-3H3,(H,35,37)/b6-4-,21-20+,26-17+,34-22+. The molecule has 8 heteroatoms. The maximum absolute atomic E-state index is 12.9. The maximum Gasteiger partial charge on any atom is 0.416 e. The third kappa shape index (κ3) is 8.30. The summed E-state index contributed by atoms with van der Waals surface area (Å²) in [7, 11) is 0. The molecule has 3 aromatic rings. The normalized spacial score (nSPS) is 13.2. The summed E-state index contributed by atoms with van der Waals surface area (Å²) in [5.41, 5.74) is 4.45. The minimum absolute atomic E-state index is 0.0287. The zero-order valence-corrected chi connectivity index (χ0v) is 21.3. The second-order valence-electron chi connectivity index (χ2n) is 8.63. The number of alkyl halides is 3. The van der Waals surface area contributed by atoms with Crippen LogP contribution in [0.25, 0.3) is 11.1 Å². The summed E-state index contributed by atoms with van der Waals surface area (Å²) in [5.74, 6) is -0.406. The van der Waals surface area contributed by atoms with Gasteiger partial charge < -0.3 is 10.5 Å². The predicted octanol–water partition coefficient (Wildman–Crippen LogP) is 7.00. The van der Waals surface area contributed by atoms with E-state index in [-0.39, 0.29) is 12.1 Å². The quantitative estimate of drug-likeness (QED) is 0.151. The number of rotatable bonds is 8. The Morgan fingerprint density at radius 1 is 1.03 bits per heavy atom. The monoisotopic (exact) mass is 519 g/mol. The van der Waals surface area contributed by atoms with Crippen LogP contribution in [0.5, 0.6) is 0 Å². The fourth-order valence-electron chi connectivity index (χ4n) is 3.60. The summed E-state index contributed by atoms with van der Waals surface area (Å²) < 4.78 is 39.4. The summed E-state index contributed by atoms with van der Waals surface area (Å²) in [6, 6.07) is 15.4. The van der Waals surface area contributed by atoms with Crippen LogP contribution in [0.4, 0.5) is 18.9 Å². The smallest absolute Gasteiger partial charge is 0.416 e. The van der Waals surface area contributed by atoms with Crippen molar-refractivity contribution in [2.24, 2.45) is 4.99 Å². The average Bonchev–Trinajstić information content (AvgIpc) is 2.87. The van der Waals surface area contributed by atoms with Gasteiger partial charge in [0, 0.05) is 29.7 Å². The molecule has 0 aliphatic carbocycles. The Morgan fingerprint density at radius 2 is 1.71 bits per heavy atom. The van der Waals surface area contributed by atoms with E-state index in [1.165, 1.54) is 24.5 Å². The molecule has 1 heterocycles. The Balaban J connectivity index is 1.66. The van der Waals surface area contributed by atoms with Gasteiger partial charge >= 0.3 is 6.18 Å². The third-order valence-electron chi connectivity index (χ3n) is 5.56. The molecule has 0 aliphatic rings. The van der Waals surface area contributed by atoms with Crippen LogP contribution in [-0.4, -0.2) is 11.6 Å². The number of nitrogens with one attached hydrogen (secondary N) is 1. The molecule has 0 fully saturated rings. The van der Waals surface area contributed by atoms with Crippen LogP contribution in [0, 0.1) is 5.21 Å². The lowest BCUT2D eigenvalue weighted by molar-refractivity contribution is -0.605. The first-order chi connectivity index (χ1) is 18.0. The van der Waals surface area contributed by atoms with Crippen LogP contribution >= 0.6 is 0 Å². The number of carbonyl (C=O) groups is 1. The van der Waals surface area contributed by atoms with Gasteiger partial charge in [-0.3, -0.25) is 9.79 Å². The Labute approximate surface area is 220 Å². The summed E-state index contributed by atoms with van der Waals surface area (Å²) in [6.07, 6.45) is 6.00. The summed E-state index contributed by atoms with van der Waals surface area (Å²) in [6.45, 7) is 5.72. The van der Waals surface area contributed by atoms with Gasteiger partial charge in [-0.25, -0.2) is 0 Å². The molecule has 0 atom stereocenters. The summed E-state index contributed by atoms with van der Waals surface area (Å²) >= 11 is 0. The first-order valence-corrected chi connectivity index (χ1v) is 11.9. The number of hydrogen-bond acceptors (Lipinski definition) is 3. The number of anilines is 1. The second kappa shape index (κ2) is 12.7. The molecule has 0 aliphatic heterocycles. The summed E-state index contributed by atoms with van der Waals surface area (Å²) in [5, 5.41) is 13.8. The van der Waals surface area contributed by atoms with Crippen LogP contribution in [-0.2, 0) is 17.4 Å². The van der Waals surface area contributed by atoms with Crippen LogP contribution in [0.15, 0.2) is 102 Å². The van der Waals surface area contributed by atoms with Crippen molar-refractivity contribution in [2.45, 2.75) is 33.4 Å². The van der Waals surface area contributed by atoms with Gasteiger partial charge in [-0.15, -0.1) is 0 Å². The van der Waals surface area contributed by atoms with E-state index in [1.54, 1.807) is 30.5 Å². The molecular formula is C30H28F3N3O2. The van der Waals surface area contributed by atoms with E-state index in [4.69, 9.17) is 0 Å². The number of carbonyl (C=O) groups excluding carboxylic acids is 1.